The second kappa shape index (κ2) is 4.36. The van der Waals surface area contributed by atoms with E-state index in [0.29, 0.717) is 11.6 Å². The van der Waals surface area contributed by atoms with Gasteiger partial charge in [-0.1, -0.05) is 11.6 Å². The van der Waals surface area contributed by atoms with E-state index < -0.39 is 0 Å². The van der Waals surface area contributed by atoms with Gasteiger partial charge in [-0.15, -0.1) is 0 Å². The second-order valence-electron chi connectivity index (χ2n) is 3.04. The molecule has 0 bridgehead atoms. The molecule has 15 heavy (non-hydrogen) atoms. The monoisotopic (exact) mass is 222 g/mol. The first-order valence-electron chi connectivity index (χ1n) is 4.72. The van der Waals surface area contributed by atoms with Crippen molar-refractivity contribution in [1.29, 1.82) is 0 Å². The van der Waals surface area contributed by atoms with Crippen molar-refractivity contribution in [2.45, 2.75) is 6.92 Å². The number of aromatic amines is 1. The van der Waals surface area contributed by atoms with Crippen LogP contribution in [-0.4, -0.2) is 16.6 Å². The van der Waals surface area contributed by atoms with Crippen LogP contribution in [0.2, 0.25) is 5.02 Å². The Kier molecular flexibility index (Phi) is 2.92. The van der Waals surface area contributed by atoms with Crippen LogP contribution in [0.4, 0.5) is 0 Å². The summed E-state index contributed by atoms with van der Waals surface area (Å²) in [6.45, 7) is 2.58. The predicted molar refractivity (Wildman–Crippen MR) is 60.2 cm³/mol. The fourth-order valence-corrected chi connectivity index (χ4v) is 1.57. The summed E-state index contributed by atoms with van der Waals surface area (Å²) in [5.41, 5.74) is 1.84. The van der Waals surface area contributed by atoms with Crippen LogP contribution in [0, 0.1) is 0 Å². The van der Waals surface area contributed by atoms with Gasteiger partial charge in [0.1, 0.15) is 5.75 Å². The first kappa shape index (κ1) is 10.1. The van der Waals surface area contributed by atoms with E-state index in [1.807, 2.05) is 25.1 Å². The third-order valence-corrected chi connectivity index (χ3v) is 2.26. The Labute approximate surface area is 93.1 Å². The van der Waals surface area contributed by atoms with Crippen molar-refractivity contribution in [1.82, 2.24) is 9.97 Å². The van der Waals surface area contributed by atoms with Crippen LogP contribution in [0.1, 0.15) is 6.92 Å². The Morgan fingerprint density at radius 2 is 2.33 bits per heavy atom. The lowest BCUT2D eigenvalue weighted by Crippen LogP contribution is -1.94. The van der Waals surface area contributed by atoms with E-state index in [2.05, 4.69) is 9.97 Å². The van der Waals surface area contributed by atoms with Crippen LogP contribution in [0.5, 0.6) is 5.75 Å². The van der Waals surface area contributed by atoms with Crippen molar-refractivity contribution in [2.24, 2.45) is 0 Å². The van der Waals surface area contributed by atoms with Crippen molar-refractivity contribution >= 4 is 11.6 Å². The number of hydrogen-bond acceptors (Lipinski definition) is 2. The minimum absolute atomic E-state index is 0.628. The molecule has 4 heteroatoms. The van der Waals surface area contributed by atoms with Gasteiger partial charge in [-0.05, 0) is 25.1 Å². The Morgan fingerprint density at radius 1 is 1.47 bits per heavy atom. The zero-order chi connectivity index (χ0) is 10.7. The molecular formula is C11H11ClN2O. The fourth-order valence-electron chi connectivity index (χ4n) is 1.40. The third kappa shape index (κ3) is 2.13. The molecule has 3 nitrogen and oxygen atoms in total. The lowest BCUT2D eigenvalue weighted by molar-refractivity contribution is 0.341. The van der Waals surface area contributed by atoms with Gasteiger partial charge in [0.25, 0.3) is 0 Å². The highest BCUT2D eigenvalue weighted by Crippen LogP contribution is 2.31. The van der Waals surface area contributed by atoms with E-state index in [4.69, 9.17) is 16.3 Å². The summed E-state index contributed by atoms with van der Waals surface area (Å²) in [6, 6.07) is 5.54. The SMILES string of the molecule is CCOc1ccc(Cl)cc1-c1cnc[nH]1. The number of benzene rings is 1. The van der Waals surface area contributed by atoms with E-state index in [0.717, 1.165) is 17.0 Å². The van der Waals surface area contributed by atoms with Gasteiger partial charge in [0.05, 0.1) is 24.8 Å². The van der Waals surface area contributed by atoms with Crippen molar-refractivity contribution < 1.29 is 4.74 Å². The van der Waals surface area contributed by atoms with Gasteiger partial charge in [0.15, 0.2) is 0 Å². The van der Waals surface area contributed by atoms with Crippen LogP contribution < -0.4 is 4.74 Å². The molecule has 0 atom stereocenters. The third-order valence-electron chi connectivity index (χ3n) is 2.03. The molecule has 0 amide bonds. The van der Waals surface area contributed by atoms with Gasteiger partial charge in [-0.3, -0.25) is 0 Å². The lowest BCUT2D eigenvalue weighted by atomic mass is 10.1. The number of ether oxygens (including phenoxy) is 1. The molecule has 1 heterocycles. The number of H-pyrrole nitrogens is 1. The van der Waals surface area contributed by atoms with Gasteiger partial charge in [-0.25, -0.2) is 4.98 Å². The zero-order valence-electron chi connectivity index (χ0n) is 8.33. The number of nitrogens with one attached hydrogen (secondary N) is 1. The number of rotatable bonds is 3. The average molecular weight is 223 g/mol. The van der Waals surface area contributed by atoms with Crippen molar-refractivity contribution in [3.8, 4) is 17.0 Å². The van der Waals surface area contributed by atoms with Gasteiger partial charge in [0, 0.05) is 10.6 Å². The summed E-state index contributed by atoms with van der Waals surface area (Å²) in [5.74, 6) is 0.811. The number of imidazole rings is 1. The molecule has 1 aromatic heterocycles. The summed E-state index contributed by atoms with van der Waals surface area (Å²) >= 11 is 5.94. The molecule has 0 aliphatic heterocycles. The Hall–Kier alpha value is -1.48. The molecule has 0 aliphatic rings. The molecule has 0 saturated heterocycles. The summed E-state index contributed by atoms with van der Waals surface area (Å²) < 4.78 is 5.51. The predicted octanol–water partition coefficient (Wildman–Crippen LogP) is 3.13. The van der Waals surface area contributed by atoms with Crippen LogP contribution in [-0.2, 0) is 0 Å². The first-order valence-corrected chi connectivity index (χ1v) is 5.10. The molecule has 0 spiro atoms. The van der Waals surface area contributed by atoms with E-state index in [-0.39, 0.29) is 0 Å². The minimum Gasteiger partial charge on any atom is -0.493 e. The number of hydrogen-bond donors (Lipinski definition) is 1. The zero-order valence-corrected chi connectivity index (χ0v) is 9.08. The molecule has 2 rings (SSSR count). The smallest absolute Gasteiger partial charge is 0.128 e. The highest BCUT2D eigenvalue weighted by Gasteiger charge is 2.07. The Bertz CT molecular complexity index is 440. The molecule has 0 radical (unpaired) electrons. The number of aromatic nitrogens is 2. The van der Waals surface area contributed by atoms with Gasteiger partial charge < -0.3 is 9.72 Å². The molecule has 0 saturated carbocycles. The molecule has 2 aromatic rings. The highest BCUT2D eigenvalue weighted by molar-refractivity contribution is 6.30. The van der Waals surface area contributed by atoms with Gasteiger partial charge in [-0.2, -0.15) is 0 Å². The van der Waals surface area contributed by atoms with E-state index in [9.17, 15) is 0 Å². The first-order chi connectivity index (χ1) is 7.31. The van der Waals surface area contributed by atoms with E-state index >= 15 is 0 Å². The maximum Gasteiger partial charge on any atom is 0.128 e. The molecule has 0 fully saturated rings. The average Bonchev–Trinajstić information content (AvgIpc) is 2.74. The van der Waals surface area contributed by atoms with E-state index in [1.165, 1.54) is 0 Å². The summed E-state index contributed by atoms with van der Waals surface area (Å²) in [5, 5.41) is 0.683. The number of halogens is 1. The number of nitrogens with zero attached hydrogens (tertiary/aromatic N) is 1. The normalized spacial score (nSPS) is 10.3. The van der Waals surface area contributed by atoms with Crippen LogP contribution in [0.3, 0.4) is 0 Å². The maximum atomic E-state index is 5.94. The van der Waals surface area contributed by atoms with Crippen molar-refractivity contribution in [2.75, 3.05) is 6.61 Å². The van der Waals surface area contributed by atoms with Gasteiger partial charge >= 0.3 is 0 Å². The summed E-state index contributed by atoms with van der Waals surface area (Å²) in [7, 11) is 0. The molecular weight excluding hydrogens is 212 g/mol. The summed E-state index contributed by atoms with van der Waals surface area (Å²) in [4.78, 5) is 7.00. The van der Waals surface area contributed by atoms with E-state index in [1.54, 1.807) is 12.5 Å². The van der Waals surface area contributed by atoms with Crippen molar-refractivity contribution in [3.05, 3.63) is 35.7 Å². The molecule has 0 unspecified atom stereocenters. The Morgan fingerprint density at radius 3 is 3.00 bits per heavy atom. The highest BCUT2D eigenvalue weighted by atomic mass is 35.5. The molecule has 1 aromatic carbocycles. The minimum atomic E-state index is 0.628. The molecule has 0 aliphatic carbocycles. The maximum absolute atomic E-state index is 5.94. The van der Waals surface area contributed by atoms with Crippen LogP contribution >= 0.6 is 11.6 Å². The topological polar surface area (TPSA) is 37.9 Å². The fraction of sp³-hybridized carbons (Fsp3) is 0.182. The summed E-state index contributed by atoms with van der Waals surface area (Å²) in [6.07, 6.45) is 3.38. The second-order valence-corrected chi connectivity index (χ2v) is 3.48. The van der Waals surface area contributed by atoms with Crippen LogP contribution in [0.15, 0.2) is 30.7 Å². The Balaban J connectivity index is 2.47. The lowest BCUT2D eigenvalue weighted by Gasteiger charge is -2.08. The quantitative estimate of drug-likeness (QED) is 0.867. The molecule has 1 N–H and O–H groups in total. The standard InChI is InChI=1S/C11H11ClN2O/c1-2-15-11-4-3-8(12)5-9(11)10-6-13-7-14-10/h3-7H,2H2,1H3,(H,13,14). The van der Waals surface area contributed by atoms with Crippen LogP contribution in [0.25, 0.3) is 11.3 Å². The van der Waals surface area contributed by atoms with Crippen molar-refractivity contribution in [3.63, 3.8) is 0 Å². The largest absolute Gasteiger partial charge is 0.493 e. The molecule has 78 valence electrons. The van der Waals surface area contributed by atoms with Gasteiger partial charge in [0.2, 0.25) is 0 Å².